The number of halogens is 2. The molecule has 1 unspecified atom stereocenters. The minimum absolute atomic E-state index is 0.296. The Bertz CT molecular complexity index is 1250. The van der Waals surface area contributed by atoms with Crippen LogP contribution in [0.15, 0.2) is 72.8 Å². The van der Waals surface area contributed by atoms with Gasteiger partial charge in [-0.25, -0.2) is 9.07 Å². The van der Waals surface area contributed by atoms with Gasteiger partial charge in [0.15, 0.2) is 5.82 Å². The molecule has 0 aliphatic carbocycles. The van der Waals surface area contributed by atoms with Crippen LogP contribution in [0.3, 0.4) is 0 Å². The standard InChI is InChI=1S/C27H29ClFN5O/c1-27(2,3)34-26(30-31-32-34)25(20-11-13-22(29)14-12-20)33(18-21-7-5-6-8-24(21)28)17-19-9-15-23(35-4)16-10-19/h5-16,25H,17-18H2,1-4H3. The fraction of sp³-hybridized carbons (Fsp3) is 0.296. The Kier molecular flexibility index (Phi) is 7.48. The summed E-state index contributed by atoms with van der Waals surface area (Å²) in [5.41, 5.74) is 2.59. The Morgan fingerprint density at radius 3 is 2.29 bits per heavy atom. The lowest BCUT2D eigenvalue weighted by Gasteiger charge is -2.33. The van der Waals surface area contributed by atoms with Crippen LogP contribution in [0, 0.1) is 5.82 Å². The summed E-state index contributed by atoms with van der Waals surface area (Å²) in [7, 11) is 1.65. The van der Waals surface area contributed by atoms with Gasteiger partial charge in [0.25, 0.3) is 0 Å². The highest BCUT2D eigenvalue weighted by Crippen LogP contribution is 2.33. The molecule has 4 aromatic rings. The van der Waals surface area contributed by atoms with Gasteiger partial charge in [-0.3, -0.25) is 4.90 Å². The number of aromatic nitrogens is 4. The molecule has 0 N–H and O–H groups in total. The molecule has 0 fully saturated rings. The fourth-order valence-corrected chi connectivity index (χ4v) is 4.26. The van der Waals surface area contributed by atoms with E-state index in [-0.39, 0.29) is 17.4 Å². The number of benzene rings is 3. The van der Waals surface area contributed by atoms with Crippen LogP contribution in [0.2, 0.25) is 5.02 Å². The molecule has 0 saturated carbocycles. The second-order valence-electron chi connectivity index (χ2n) is 9.42. The summed E-state index contributed by atoms with van der Waals surface area (Å²) in [6.45, 7) is 7.27. The van der Waals surface area contributed by atoms with Crippen LogP contribution >= 0.6 is 11.6 Å². The van der Waals surface area contributed by atoms with Gasteiger partial charge in [0.1, 0.15) is 11.6 Å². The van der Waals surface area contributed by atoms with Crippen LogP contribution < -0.4 is 4.74 Å². The lowest BCUT2D eigenvalue weighted by atomic mass is 10.0. The summed E-state index contributed by atoms with van der Waals surface area (Å²) in [5.74, 6) is 1.17. The topological polar surface area (TPSA) is 56.1 Å². The summed E-state index contributed by atoms with van der Waals surface area (Å²) in [6, 6.07) is 21.9. The monoisotopic (exact) mass is 493 g/mol. The predicted octanol–water partition coefficient (Wildman–Crippen LogP) is 6.02. The number of nitrogens with zero attached hydrogens (tertiary/aromatic N) is 5. The third-order valence-electron chi connectivity index (χ3n) is 5.80. The van der Waals surface area contributed by atoms with Crippen molar-refractivity contribution >= 4 is 11.6 Å². The molecule has 182 valence electrons. The molecule has 0 aliphatic heterocycles. The number of ether oxygens (including phenoxy) is 1. The van der Waals surface area contributed by atoms with Crippen LogP contribution in [0.1, 0.15) is 49.3 Å². The first-order valence-electron chi connectivity index (χ1n) is 11.4. The van der Waals surface area contributed by atoms with Gasteiger partial charge >= 0.3 is 0 Å². The molecule has 8 heteroatoms. The van der Waals surface area contributed by atoms with E-state index in [9.17, 15) is 4.39 Å². The number of hydrogen-bond donors (Lipinski definition) is 0. The SMILES string of the molecule is COc1ccc(CN(Cc2ccccc2Cl)C(c2ccc(F)cc2)c2nnnn2C(C)(C)C)cc1. The van der Waals surface area contributed by atoms with E-state index in [4.69, 9.17) is 16.3 Å². The molecule has 1 atom stereocenters. The molecule has 1 heterocycles. The Balaban J connectivity index is 1.84. The first kappa shape index (κ1) is 24.8. The minimum atomic E-state index is -0.358. The molecular formula is C27H29ClFN5O. The Hall–Kier alpha value is -3.29. The number of rotatable bonds is 8. The van der Waals surface area contributed by atoms with E-state index < -0.39 is 0 Å². The van der Waals surface area contributed by atoms with Gasteiger partial charge in [0, 0.05) is 18.1 Å². The number of methoxy groups -OCH3 is 1. The highest BCUT2D eigenvalue weighted by molar-refractivity contribution is 6.31. The Morgan fingerprint density at radius 1 is 0.971 bits per heavy atom. The summed E-state index contributed by atoms with van der Waals surface area (Å²) in [6.07, 6.45) is 0. The summed E-state index contributed by atoms with van der Waals surface area (Å²) in [4.78, 5) is 2.25. The van der Waals surface area contributed by atoms with Crippen molar-refractivity contribution in [3.8, 4) is 5.75 Å². The summed E-state index contributed by atoms with van der Waals surface area (Å²) >= 11 is 6.57. The van der Waals surface area contributed by atoms with Crippen LogP contribution in [-0.4, -0.2) is 32.2 Å². The highest BCUT2D eigenvalue weighted by Gasteiger charge is 2.32. The Labute approximate surface area is 210 Å². The van der Waals surface area contributed by atoms with Crippen molar-refractivity contribution in [3.63, 3.8) is 0 Å². The molecule has 0 radical (unpaired) electrons. The van der Waals surface area contributed by atoms with Crippen molar-refractivity contribution in [2.24, 2.45) is 0 Å². The molecular weight excluding hydrogens is 465 g/mol. The summed E-state index contributed by atoms with van der Waals surface area (Å²) in [5, 5.41) is 13.4. The van der Waals surface area contributed by atoms with Crippen LogP contribution in [0.25, 0.3) is 0 Å². The second-order valence-corrected chi connectivity index (χ2v) is 9.83. The van der Waals surface area contributed by atoms with Crippen molar-refractivity contribution in [1.82, 2.24) is 25.1 Å². The molecule has 0 bridgehead atoms. The van der Waals surface area contributed by atoms with E-state index in [0.29, 0.717) is 23.9 Å². The first-order chi connectivity index (χ1) is 16.8. The van der Waals surface area contributed by atoms with Crippen molar-refractivity contribution in [3.05, 3.63) is 106 Å². The molecule has 0 saturated heterocycles. The van der Waals surface area contributed by atoms with Gasteiger partial charge in [0.2, 0.25) is 0 Å². The highest BCUT2D eigenvalue weighted by atomic mass is 35.5. The zero-order chi connectivity index (χ0) is 25.0. The van der Waals surface area contributed by atoms with E-state index in [2.05, 4.69) is 41.2 Å². The normalized spacial score (nSPS) is 12.7. The maximum Gasteiger partial charge on any atom is 0.173 e. The van der Waals surface area contributed by atoms with E-state index in [1.807, 2.05) is 53.2 Å². The van der Waals surface area contributed by atoms with Crippen LogP contribution in [0.4, 0.5) is 4.39 Å². The van der Waals surface area contributed by atoms with Crippen molar-refractivity contribution in [2.75, 3.05) is 7.11 Å². The molecule has 35 heavy (non-hydrogen) atoms. The molecule has 0 aliphatic rings. The maximum atomic E-state index is 13.9. The third-order valence-corrected chi connectivity index (χ3v) is 6.17. The van der Waals surface area contributed by atoms with E-state index >= 15 is 0 Å². The van der Waals surface area contributed by atoms with Gasteiger partial charge in [-0.2, -0.15) is 0 Å². The lowest BCUT2D eigenvalue weighted by molar-refractivity contribution is 0.185. The quantitative estimate of drug-likeness (QED) is 0.300. The zero-order valence-electron chi connectivity index (χ0n) is 20.3. The average molecular weight is 494 g/mol. The Morgan fingerprint density at radius 2 is 1.66 bits per heavy atom. The molecule has 1 aromatic heterocycles. The van der Waals surface area contributed by atoms with E-state index in [1.165, 1.54) is 12.1 Å². The van der Waals surface area contributed by atoms with Gasteiger partial charge in [0.05, 0.1) is 18.7 Å². The van der Waals surface area contributed by atoms with Crippen LogP contribution in [-0.2, 0) is 18.6 Å². The summed E-state index contributed by atoms with van der Waals surface area (Å²) < 4.78 is 21.0. The van der Waals surface area contributed by atoms with Gasteiger partial charge in [-0.1, -0.05) is 54.1 Å². The molecule has 4 rings (SSSR count). The van der Waals surface area contributed by atoms with Crippen molar-refractivity contribution in [2.45, 2.75) is 45.4 Å². The van der Waals surface area contributed by atoms with Gasteiger partial charge < -0.3 is 4.74 Å². The zero-order valence-corrected chi connectivity index (χ0v) is 21.1. The smallest absolute Gasteiger partial charge is 0.173 e. The first-order valence-corrected chi connectivity index (χ1v) is 11.8. The third kappa shape index (κ3) is 5.86. The second kappa shape index (κ2) is 10.5. The van der Waals surface area contributed by atoms with Crippen LogP contribution in [0.5, 0.6) is 5.75 Å². The van der Waals surface area contributed by atoms with Crippen molar-refractivity contribution < 1.29 is 9.13 Å². The largest absolute Gasteiger partial charge is 0.497 e. The van der Waals surface area contributed by atoms with Gasteiger partial charge in [-0.15, -0.1) is 5.10 Å². The molecule has 0 amide bonds. The molecule has 3 aromatic carbocycles. The molecule has 6 nitrogen and oxygen atoms in total. The van der Waals surface area contributed by atoms with E-state index in [0.717, 1.165) is 22.4 Å². The minimum Gasteiger partial charge on any atom is -0.497 e. The van der Waals surface area contributed by atoms with Gasteiger partial charge in [-0.05, 0) is 78.2 Å². The van der Waals surface area contributed by atoms with Crippen molar-refractivity contribution in [1.29, 1.82) is 0 Å². The maximum absolute atomic E-state index is 13.9. The lowest BCUT2D eigenvalue weighted by Crippen LogP contribution is -2.35. The van der Waals surface area contributed by atoms with E-state index in [1.54, 1.807) is 19.2 Å². The predicted molar refractivity (Wildman–Crippen MR) is 135 cm³/mol. The molecule has 0 spiro atoms. The number of tetrazole rings is 1. The average Bonchev–Trinajstić information content (AvgIpc) is 3.32. The number of hydrogen-bond acceptors (Lipinski definition) is 5. The fourth-order valence-electron chi connectivity index (χ4n) is 4.06.